The molecule has 0 saturated carbocycles. The second-order valence-corrected chi connectivity index (χ2v) is 3.04. The van der Waals surface area contributed by atoms with Crippen LogP contribution < -0.4 is 5.73 Å². The summed E-state index contributed by atoms with van der Waals surface area (Å²) in [5.41, 5.74) is 4.48. The average molecular weight is 222 g/mol. The first-order valence-corrected chi connectivity index (χ1v) is 4.38. The number of rotatable bonds is 3. The van der Waals surface area contributed by atoms with Crippen LogP contribution in [0.25, 0.3) is 6.08 Å². The molecule has 1 rings (SSSR count). The number of carbonyl (C=O) groups is 1. The number of nitriles is 1. The number of nitrogens with two attached hydrogens (primary N) is 1. The quantitative estimate of drug-likeness (QED) is 0.846. The number of carbonyl (C=O) groups excluding carboxylic acids is 1. The van der Waals surface area contributed by atoms with Crippen molar-refractivity contribution in [2.75, 3.05) is 0 Å². The topological polar surface area (TPSA) is 66.9 Å². The number of amides is 1. The lowest BCUT2D eigenvalue weighted by Crippen LogP contribution is -2.07. The second-order valence-electron chi connectivity index (χ2n) is 3.04. The van der Waals surface area contributed by atoms with Gasteiger partial charge in [-0.05, 0) is 12.1 Å². The number of primary amides is 1. The molecule has 0 fully saturated rings. The molecule has 1 aromatic rings. The van der Waals surface area contributed by atoms with Crippen LogP contribution in [0.2, 0.25) is 0 Å². The van der Waals surface area contributed by atoms with Crippen LogP contribution in [0.5, 0.6) is 0 Å². The van der Waals surface area contributed by atoms with E-state index in [1.165, 1.54) is 18.2 Å². The van der Waals surface area contributed by atoms with Crippen molar-refractivity contribution < 1.29 is 13.6 Å². The lowest BCUT2D eigenvalue weighted by atomic mass is 10.1. The number of benzene rings is 1. The van der Waals surface area contributed by atoms with Gasteiger partial charge in [-0.15, -0.1) is 0 Å². The minimum Gasteiger partial charge on any atom is -0.369 e. The molecule has 0 aliphatic heterocycles. The van der Waals surface area contributed by atoms with Crippen LogP contribution in [-0.4, -0.2) is 5.91 Å². The normalized spacial score (nSPS) is 10.3. The Morgan fingerprint density at radius 2 is 2.12 bits per heavy atom. The molecule has 5 heteroatoms. The Hall–Kier alpha value is -2.22. The van der Waals surface area contributed by atoms with Crippen LogP contribution in [0, 0.1) is 23.0 Å². The van der Waals surface area contributed by atoms with Gasteiger partial charge in [0.1, 0.15) is 17.7 Å². The lowest BCUT2D eigenvalue weighted by molar-refractivity contribution is -0.117. The summed E-state index contributed by atoms with van der Waals surface area (Å²) >= 11 is 0. The van der Waals surface area contributed by atoms with Crippen molar-refractivity contribution >= 4 is 12.0 Å². The Kier molecular flexibility index (Phi) is 3.72. The van der Waals surface area contributed by atoms with Crippen LogP contribution in [0.4, 0.5) is 8.78 Å². The maximum Gasteiger partial charge on any atom is 0.221 e. The predicted octanol–water partition coefficient (Wildman–Crippen LogP) is 1.73. The summed E-state index contributed by atoms with van der Waals surface area (Å²) in [6, 6.07) is 3.22. The molecule has 16 heavy (non-hydrogen) atoms. The van der Waals surface area contributed by atoms with Crippen molar-refractivity contribution in [1.29, 1.82) is 5.26 Å². The summed E-state index contributed by atoms with van der Waals surface area (Å²) in [6.45, 7) is 0. The van der Waals surface area contributed by atoms with Crippen molar-refractivity contribution in [1.82, 2.24) is 0 Å². The Balaban J connectivity index is 2.99. The zero-order valence-corrected chi connectivity index (χ0v) is 8.21. The molecule has 0 atom stereocenters. The third-order valence-electron chi connectivity index (χ3n) is 1.82. The van der Waals surface area contributed by atoms with E-state index in [1.807, 2.05) is 0 Å². The van der Waals surface area contributed by atoms with Crippen molar-refractivity contribution in [2.45, 2.75) is 6.42 Å². The van der Waals surface area contributed by atoms with E-state index in [0.29, 0.717) is 0 Å². The maximum absolute atomic E-state index is 13.3. The highest BCUT2D eigenvalue weighted by Crippen LogP contribution is 2.15. The third-order valence-corrected chi connectivity index (χ3v) is 1.82. The number of hydrogen-bond donors (Lipinski definition) is 1. The Morgan fingerprint density at radius 3 is 2.69 bits per heavy atom. The van der Waals surface area contributed by atoms with Gasteiger partial charge in [-0.3, -0.25) is 4.79 Å². The number of nitrogens with zero attached hydrogens (tertiary/aromatic N) is 1. The van der Waals surface area contributed by atoms with Gasteiger partial charge >= 0.3 is 0 Å². The zero-order valence-electron chi connectivity index (χ0n) is 8.21. The first kappa shape index (κ1) is 11.9. The molecule has 1 amide bonds. The molecule has 0 aromatic heterocycles. The molecule has 1 aromatic carbocycles. The predicted molar refractivity (Wildman–Crippen MR) is 53.9 cm³/mol. The highest BCUT2D eigenvalue weighted by molar-refractivity contribution is 5.76. The molecular formula is C11H8F2N2O. The molecule has 0 spiro atoms. The SMILES string of the molecule is N#Cc1cc(F)c(C=CCC(N)=O)cc1F. The molecule has 0 aliphatic rings. The van der Waals surface area contributed by atoms with E-state index in [0.717, 1.165) is 12.1 Å². The van der Waals surface area contributed by atoms with Gasteiger partial charge in [-0.2, -0.15) is 5.26 Å². The van der Waals surface area contributed by atoms with Crippen LogP contribution in [0.1, 0.15) is 17.5 Å². The maximum atomic E-state index is 13.3. The molecule has 0 heterocycles. The summed E-state index contributed by atoms with van der Waals surface area (Å²) in [7, 11) is 0. The van der Waals surface area contributed by atoms with E-state index >= 15 is 0 Å². The highest BCUT2D eigenvalue weighted by atomic mass is 19.1. The van der Waals surface area contributed by atoms with E-state index < -0.39 is 17.5 Å². The van der Waals surface area contributed by atoms with Gasteiger partial charge in [0.05, 0.1) is 5.56 Å². The molecule has 82 valence electrons. The standard InChI is InChI=1S/C11H8F2N2O/c12-9-5-8(6-14)10(13)4-7(9)2-1-3-11(15)16/h1-2,4-5H,3H2,(H2,15,16). The Bertz CT molecular complexity index is 489. The zero-order chi connectivity index (χ0) is 12.1. The molecule has 0 radical (unpaired) electrons. The van der Waals surface area contributed by atoms with Gasteiger partial charge in [-0.1, -0.05) is 12.2 Å². The van der Waals surface area contributed by atoms with E-state index in [9.17, 15) is 13.6 Å². The van der Waals surface area contributed by atoms with E-state index in [1.54, 1.807) is 0 Å². The smallest absolute Gasteiger partial charge is 0.221 e. The fourth-order valence-corrected chi connectivity index (χ4v) is 1.08. The fourth-order valence-electron chi connectivity index (χ4n) is 1.08. The van der Waals surface area contributed by atoms with Gasteiger partial charge in [0.15, 0.2) is 0 Å². The minimum atomic E-state index is -0.803. The van der Waals surface area contributed by atoms with Gasteiger partial charge in [-0.25, -0.2) is 8.78 Å². The molecule has 0 saturated heterocycles. The summed E-state index contributed by atoms with van der Waals surface area (Å²) in [5, 5.41) is 8.45. The third kappa shape index (κ3) is 2.89. The molecule has 0 unspecified atom stereocenters. The van der Waals surface area contributed by atoms with Gasteiger partial charge in [0.25, 0.3) is 0 Å². The van der Waals surface area contributed by atoms with Crippen LogP contribution >= 0.6 is 0 Å². The number of hydrogen-bond acceptors (Lipinski definition) is 2. The van der Waals surface area contributed by atoms with Crippen molar-refractivity contribution in [3.05, 3.63) is 41.0 Å². The second kappa shape index (κ2) is 5.03. The van der Waals surface area contributed by atoms with Crippen molar-refractivity contribution in [3.8, 4) is 6.07 Å². The summed E-state index contributed by atoms with van der Waals surface area (Å²) in [5.74, 6) is -2.09. The fraction of sp³-hybridized carbons (Fsp3) is 0.0909. The molecular weight excluding hydrogens is 214 g/mol. The highest BCUT2D eigenvalue weighted by Gasteiger charge is 2.07. The number of halogens is 2. The molecule has 3 nitrogen and oxygen atoms in total. The summed E-state index contributed by atoms with van der Waals surface area (Å²) < 4.78 is 26.4. The first-order chi connectivity index (χ1) is 7.54. The molecule has 0 aliphatic carbocycles. The Morgan fingerprint density at radius 1 is 1.44 bits per heavy atom. The van der Waals surface area contributed by atoms with Crippen molar-refractivity contribution in [3.63, 3.8) is 0 Å². The van der Waals surface area contributed by atoms with E-state index in [4.69, 9.17) is 11.0 Å². The molecule has 0 bridgehead atoms. The van der Waals surface area contributed by atoms with Gasteiger partial charge < -0.3 is 5.73 Å². The largest absolute Gasteiger partial charge is 0.369 e. The van der Waals surface area contributed by atoms with Crippen LogP contribution in [-0.2, 0) is 4.79 Å². The van der Waals surface area contributed by atoms with Gasteiger partial charge in [0.2, 0.25) is 5.91 Å². The van der Waals surface area contributed by atoms with E-state index in [2.05, 4.69) is 0 Å². The summed E-state index contributed by atoms with van der Waals surface area (Å²) in [6.07, 6.45) is 2.51. The lowest BCUT2D eigenvalue weighted by Gasteiger charge is -1.99. The monoisotopic (exact) mass is 222 g/mol. The van der Waals surface area contributed by atoms with Gasteiger partial charge in [0, 0.05) is 12.0 Å². The molecule has 2 N–H and O–H groups in total. The minimum absolute atomic E-state index is 0.0299. The Labute approximate surface area is 90.8 Å². The summed E-state index contributed by atoms with van der Waals surface area (Å²) in [4.78, 5) is 10.4. The van der Waals surface area contributed by atoms with Crippen molar-refractivity contribution in [2.24, 2.45) is 5.73 Å². The van der Waals surface area contributed by atoms with E-state index in [-0.39, 0.29) is 17.5 Å². The van der Waals surface area contributed by atoms with Crippen LogP contribution in [0.3, 0.4) is 0 Å². The van der Waals surface area contributed by atoms with Crippen LogP contribution in [0.15, 0.2) is 18.2 Å². The first-order valence-electron chi connectivity index (χ1n) is 4.38. The average Bonchev–Trinajstić information content (AvgIpc) is 2.22.